The van der Waals surface area contributed by atoms with E-state index in [4.69, 9.17) is 27.9 Å². The van der Waals surface area contributed by atoms with Crippen molar-refractivity contribution in [1.82, 2.24) is 0 Å². The fraction of sp³-hybridized carbons (Fsp3) is 0.429. The molecule has 4 nitrogen and oxygen atoms in total. The van der Waals surface area contributed by atoms with Crippen molar-refractivity contribution < 1.29 is 14.3 Å². The minimum Gasteiger partial charge on any atom is -0.462 e. The van der Waals surface area contributed by atoms with Gasteiger partial charge < -0.3 is 10.1 Å². The molecule has 0 atom stereocenters. The fourth-order valence-corrected chi connectivity index (χ4v) is 1.47. The highest BCUT2D eigenvalue weighted by Crippen LogP contribution is 2.13. The quantitative estimate of drug-likeness (QED) is 0.644. The van der Waals surface area contributed by atoms with Gasteiger partial charge in [0.2, 0.25) is 0 Å². The van der Waals surface area contributed by atoms with E-state index in [2.05, 4.69) is 19.2 Å². The monoisotopic (exact) mass is 317 g/mol. The highest BCUT2D eigenvalue weighted by Gasteiger charge is 2.12. The lowest BCUT2D eigenvalue weighted by Crippen LogP contribution is -2.18. The molecule has 0 fully saturated rings. The number of alkyl halides is 2. The Morgan fingerprint density at radius 2 is 1.80 bits per heavy atom. The standard InChI is InChI=1S/C14H17Cl2NO3/c1-9(2)7-8-20-14(19)10-3-5-11(6-4-10)17-13(18)12(15)16/h3-6,9,12H,7-8H2,1-2H3,(H,17,18). The zero-order chi connectivity index (χ0) is 15.1. The van der Waals surface area contributed by atoms with Crippen molar-refractivity contribution in [1.29, 1.82) is 0 Å². The first-order valence-corrected chi connectivity index (χ1v) is 7.13. The van der Waals surface area contributed by atoms with E-state index >= 15 is 0 Å². The van der Waals surface area contributed by atoms with Crippen LogP contribution in [0.1, 0.15) is 30.6 Å². The molecule has 110 valence electrons. The second-order valence-corrected chi connectivity index (χ2v) is 5.78. The van der Waals surface area contributed by atoms with Gasteiger partial charge in [-0.05, 0) is 36.6 Å². The smallest absolute Gasteiger partial charge is 0.338 e. The molecule has 0 saturated heterocycles. The van der Waals surface area contributed by atoms with Crippen LogP contribution in [0.2, 0.25) is 0 Å². The summed E-state index contributed by atoms with van der Waals surface area (Å²) >= 11 is 10.8. The van der Waals surface area contributed by atoms with Gasteiger partial charge in [-0.1, -0.05) is 37.0 Å². The van der Waals surface area contributed by atoms with E-state index in [1.54, 1.807) is 24.3 Å². The van der Waals surface area contributed by atoms with Crippen molar-refractivity contribution in [3.8, 4) is 0 Å². The highest BCUT2D eigenvalue weighted by atomic mass is 35.5. The molecular weight excluding hydrogens is 301 g/mol. The molecule has 1 aromatic rings. The van der Waals surface area contributed by atoms with Crippen LogP contribution in [0, 0.1) is 5.92 Å². The van der Waals surface area contributed by atoms with Crippen LogP contribution < -0.4 is 5.32 Å². The van der Waals surface area contributed by atoms with Gasteiger partial charge in [-0.2, -0.15) is 0 Å². The third-order valence-corrected chi connectivity index (χ3v) is 2.91. The molecule has 0 spiro atoms. The van der Waals surface area contributed by atoms with E-state index in [0.29, 0.717) is 23.8 Å². The molecule has 0 heterocycles. The number of esters is 1. The van der Waals surface area contributed by atoms with Gasteiger partial charge in [0.05, 0.1) is 12.2 Å². The SMILES string of the molecule is CC(C)CCOC(=O)c1ccc(NC(=O)C(Cl)Cl)cc1. The number of anilines is 1. The van der Waals surface area contributed by atoms with E-state index in [1.807, 2.05) is 0 Å². The van der Waals surface area contributed by atoms with E-state index in [9.17, 15) is 9.59 Å². The number of halogens is 2. The minimum absolute atomic E-state index is 0.379. The van der Waals surface area contributed by atoms with Crippen LogP contribution in [-0.4, -0.2) is 23.3 Å². The second-order valence-electron chi connectivity index (χ2n) is 4.69. The average Bonchev–Trinajstić information content (AvgIpc) is 2.38. The Morgan fingerprint density at radius 3 is 2.30 bits per heavy atom. The largest absolute Gasteiger partial charge is 0.462 e. The molecular formula is C14H17Cl2NO3. The number of amides is 1. The fourth-order valence-electron chi connectivity index (χ4n) is 1.36. The summed E-state index contributed by atoms with van der Waals surface area (Å²) in [6.07, 6.45) is 0.826. The maximum Gasteiger partial charge on any atom is 0.338 e. The number of carbonyl (C=O) groups is 2. The minimum atomic E-state index is -1.13. The Bertz CT molecular complexity index is 458. The van der Waals surface area contributed by atoms with Gasteiger partial charge in [0.25, 0.3) is 5.91 Å². The molecule has 1 aromatic carbocycles. The van der Waals surface area contributed by atoms with Crippen molar-refractivity contribution in [3.63, 3.8) is 0 Å². The molecule has 0 aliphatic heterocycles. The molecule has 1 rings (SSSR count). The molecule has 0 aliphatic rings. The molecule has 0 aromatic heterocycles. The summed E-state index contributed by atoms with van der Waals surface area (Å²) in [6.45, 7) is 4.52. The van der Waals surface area contributed by atoms with Gasteiger partial charge in [-0.25, -0.2) is 4.79 Å². The Morgan fingerprint density at radius 1 is 1.20 bits per heavy atom. The van der Waals surface area contributed by atoms with Gasteiger partial charge in [0, 0.05) is 5.69 Å². The summed E-state index contributed by atoms with van der Waals surface area (Å²) in [5.41, 5.74) is 0.945. The highest BCUT2D eigenvalue weighted by molar-refractivity contribution is 6.54. The Kier molecular flexibility index (Phi) is 6.82. The predicted octanol–water partition coefficient (Wildman–Crippen LogP) is 3.63. The molecule has 1 amide bonds. The number of rotatable bonds is 6. The van der Waals surface area contributed by atoms with Crippen LogP contribution in [0.4, 0.5) is 5.69 Å². The number of benzene rings is 1. The van der Waals surface area contributed by atoms with Crippen molar-refractivity contribution in [2.45, 2.75) is 25.1 Å². The zero-order valence-corrected chi connectivity index (χ0v) is 12.9. The van der Waals surface area contributed by atoms with Crippen molar-refractivity contribution in [2.24, 2.45) is 5.92 Å². The summed E-state index contributed by atoms with van der Waals surface area (Å²) in [5.74, 6) is -0.406. The zero-order valence-electron chi connectivity index (χ0n) is 11.4. The van der Waals surface area contributed by atoms with Crippen LogP contribution in [0.15, 0.2) is 24.3 Å². The van der Waals surface area contributed by atoms with E-state index in [0.717, 1.165) is 6.42 Å². The lowest BCUT2D eigenvalue weighted by molar-refractivity contribution is -0.114. The molecule has 0 saturated carbocycles. The Hall–Kier alpha value is -1.26. The van der Waals surface area contributed by atoms with Crippen molar-refractivity contribution in [3.05, 3.63) is 29.8 Å². The van der Waals surface area contributed by atoms with E-state index < -0.39 is 10.7 Å². The lowest BCUT2D eigenvalue weighted by atomic mass is 10.1. The predicted molar refractivity (Wildman–Crippen MR) is 80.3 cm³/mol. The number of carbonyl (C=O) groups excluding carboxylic acids is 2. The van der Waals surface area contributed by atoms with E-state index in [1.165, 1.54) is 0 Å². The Labute approximate surface area is 128 Å². The van der Waals surface area contributed by atoms with Crippen LogP contribution in [0.5, 0.6) is 0 Å². The maximum atomic E-state index is 11.7. The molecule has 20 heavy (non-hydrogen) atoms. The van der Waals surface area contributed by atoms with Crippen LogP contribution in [0.25, 0.3) is 0 Å². The first-order valence-electron chi connectivity index (χ1n) is 6.26. The summed E-state index contributed by atoms with van der Waals surface area (Å²) in [6, 6.07) is 6.33. The number of ether oxygens (including phenoxy) is 1. The summed E-state index contributed by atoms with van der Waals surface area (Å²) in [4.78, 5) is 21.9. The molecule has 1 N–H and O–H groups in total. The van der Waals surface area contributed by atoms with Crippen molar-refractivity contribution >= 4 is 40.8 Å². The van der Waals surface area contributed by atoms with Gasteiger partial charge in [-0.15, -0.1) is 0 Å². The third-order valence-electron chi connectivity index (χ3n) is 2.51. The molecule has 0 unspecified atom stereocenters. The molecule has 6 heteroatoms. The van der Waals surface area contributed by atoms with E-state index in [-0.39, 0.29) is 5.97 Å². The topological polar surface area (TPSA) is 55.4 Å². The number of nitrogens with one attached hydrogen (secondary N) is 1. The second kappa shape index (κ2) is 8.12. The van der Waals surface area contributed by atoms with Gasteiger partial charge in [0.1, 0.15) is 0 Å². The molecule has 0 aliphatic carbocycles. The first-order chi connectivity index (χ1) is 9.40. The molecule has 0 radical (unpaired) electrons. The number of hydrogen-bond donors (Lipinski definition) is 1. The maximum absolute atomic E-state index is 11.7. The summed E-state index contributed by atoms with van der Waals surface area (Å²) in [7, 11) is 0. The third kappa shape index (κ3) is 5.80. The normalized spacial score (nSPS) is 10.7. The van der Waals surface area contributed by atoms with Crippen LogP contribution in [-0.2, 0) is 9.53 Å². The molecule has 0 bridgehead atoms. The average molecular weight is 318 g/mol. The first kappa shape index (κ1) is 16.8. The number of hydrogen-bond acceptors (Lipinski definition) is 3. The Balaban J connectivity index is 2.53. The van der Waals surface area contributed by atoms with Gasteiger partial charge in [0.15, 0.2) is 4.84 Å². The van der Waals surface area contributed by atoms with Crippen LogP contribution >= 0.6 is 23.2 Å². The van der Waals surface area contributed by atoms with Gasteiger partial charge >= 0.3 is 5.97 Å². The summed E-state index contributed by atoms with van der Waals surface area (Å²) in [5, 5.41) is 2.51. The van der Waals surface area contributed by atoms with Crippen LogP contribution in [0.3, 0.4) is 0 Å². The lowest BCUT2D eigenvalue weighted by Gasteiger charge is -2.08. The van der Waals surface area contributed by atoms with Gasteiger partial charge in [-0.3, -0.25) is 4.79 Å². The summed E-state index contributed by atoms with van der Waals surface area (Å²) < 4.78 is 5.13. The van der Waals surface area contributed by atoms with Crippen molar-refractivity contribution in [2.75, 3.05) is 11.9 Å².